The molecule has 134 valence electrons. The quantitative estimate of drug-likeness (QED) is 0.601. The molecule has 2 N–H and O–H groups in total. The lowest BCUT2D eigenvalue weighted by Gasteiger charge is -2.14. The van der Waals surface area contributed by atoms with Crippen LogP contribution in [0.25, 0.3) is 6.08 Å². The molecule has 1 saturated heterocycles. The second-order valence-electron chi connectivity index (χ2n) is 5.51. The van der Waals surface area contributed by atoms with Gasteiger partial charge in [-0.3, -0.25) is 9.69 Å². The average molecular weight is 425 g/mol. The van der Waals surface area contributed by atoms with Crippen molar-refractivity contribution in [2.24, 2.45) is 5.14 Å². The van der Waals surface area contributed by atoms with Crippen molar-refractivity contribution in [3.05, 3.63) is 69.6 Å². The van der Waals surface area contributed by atoms with E-state index >= 15 is 0 Å². The van der Waals surface area contributed by atoms with Crippen LogP contribution in [0.1, 0.15) is 11.1 Å². The van der Waals surface area contributed by atoms with Gasteiger partial charge in [0.05, 0.1) is 16.3 Å². The molecule has 0 atom stereocenters. The first-order valence-electron chi connectivity index (χ1n) is 7.37. The number of halogens is 1. The van der Waals surface area contributed by atoms with E-state index in [1.807, 2.05) is 12.1 Å². The van der Waals surface area contributed by atoms with E-state index in [0.717, 1.165) is 5.56 Å². The molecule has 5 nitrogen and oxygen atoms in total. The van der Waals surface area contributed by atoms with Crippen LogP contribution < -0.4 is 5.14 Å². The van der Waals surface area contributed by atoms with E-state index in [2.05, 4.69) is 0 Å². The van der Waals surface area contributed by atoms with Gasteiger partial charge in [-0.25, -0.2) is 13.6 Å². The van der Waals surface area contributed by atoms with Crippen LogP contribution in [0.15, 0.2) is 58.3 Å². The normalized spacial score (nSPS) is 16.5. The molecule has 9 heteroatoms. The van der Waals surface area contributed by atoms with Crippen molar-refractivity contribution >= 4 is 61.9 Å². The standard InChI is InChI=1S/C17H13ClN2O3S3/c18-13-3-1-2-12(8-13)10-20-16(21)15(25-17(20)24)9-11-4-6-14(7-5-11)26(19,22)23/h1-9H,10H2,(H2,19,22,23)/b15-9-. The second-order valence-corrected chi connectivity index (χ2v) is 9.19. The van der Waals surface area contributed by atoms with Crippen molar-refractivity contribution in [2.45, 2.75) is 11.4 Å². The number of rotatable bonds is 4. The van der Waals surface area contributed by atoms with Gasteiger partial charge in [0.1, 0.15) is 4.32 Å². The molecular formula is C17H13ClN2O3S3. The summed E-state index contributed by atoms with van der Waals surface area (Å²) in [5, 5.41) is 5.67. The highest BCUT2D eigenvalue weighted by atomic mass is 35.5. The minimum absolute atomic E-state index is 0.0168. The third-order valence-corrected chi connectivity index (χ3v) is 6.15. The summed E-state index contributed by atoms with van der Waals surface area (Å²) >= 11 is 12.5. The van der Waals surface area contributed by atoms with Crippen LogP contribution >= 0.6 is 35.6 Å². The molecule has 0 aromatic heterocycles. The predicted molar refractivity (Wildman–Crippen MR) is 108 cm³/mol. The minimum atomic E-state index is -3.75. The van der Waals surface area contributed by atoms with Crippen molar-refractivity contribution in [3.63, 3.8) is 0 Å². The zero-order chi connectivity index (χ0) is 18.9. The molecule has 0 radical (unpaired) electrons. The first-order chi connectivity index (χ1) is 12.2. The summed E-state index contributed by atoms with van der Waals surface area (Å²) in [6.07, 6.45) is 1.67. The summed E-state index contributed by atoms with van der Waals surface area (Å²) in [5.41, 5.74) is 1.56. The van der Waals surface area contributed by atoms with E-state index in [4.69, 9.17) is 29.0 Å². The second kappa shape index (κ2) is 7.50. The maximum atomic E-state index is 12.6. The van der Waals surface area contributed by atoms with Gasteiger partial charge in [0.15, 0.2) is 0 Å². The maximum Gasteiger partial charge on any atom is 0.266 e. The van der Waals surface area contributed by atoms with Gasteiger partial charge in [-0.2, -0.15) is 0 Å². The highest BCUT2D eigenvalue weighted by Gasteiger charge is 2.32. The van der Waals surface area contributed by atoms with Gasteiger partial charge in [0.2, 0.25) is 10.0 Å². The van der Waals surface area contributed by atoms with E-state index in [1.54, 1.807) is 30.3 Å². The Morgan fingerprint density at radius 2 is 1.88 bits per heavy atom. The van der Waals surface area contributed by atoms with Crippen LogP contribution in [-0.2, 0) is 21.4 Å². The topological polar surface area (TPSA) is 80.5 Å². The molecule has 0 saturated carbocycles. The largest absolute Gasteiger partial charge is 0.288 e. The number of primary sulfonamides is 1. The first-order valence-corrected chi connectivity index (χ1v) is 10.5. The maximum absolute atomic E-state index is 12.6. The van der Waals surface area contributed by atoms with Gasteiger partial charge in [-0.15, -0.1) is 0 Å². The zero-order valence-electron chi connectivity index (χ0n) is 13.3. The summed E-state index contributed by atoms with van der Waals surface area (Å²) in [7, 11) is -3.75. The highest BCUT2D eigenvalue weighted by Crippen LogP contribution is 2.33. The van der Waals surface area contributed by atoms with Crippen LogP contribution in [0, 0.1) is 0 Å². The Kier molecular flexibility index (Phi) is 5.50. The lowest BCUT2D eigenvalue weighted by molar-refractivity contribution is -0.122. The zero-order valence-corrected chi connectivity index (χ0v) is 16.5. The molecule has 1 fully saturated rings. The van der Waals surface area contributed by atoms with Crippen LogP contribution in [0.4, 0.5) is 0 Å². The number of thioether (sulfide) groups is 1. The average Bonchev–Trinajstić information content (AvgIpc) is 2.82. The molecule has 0 unspecified atom stereocenters. The fourth-order valence-corrected chi connectivity index (χ4v) is 4.34. The number of sulfonamides is 1. The lowest BCUT2D eigenvalue weighted by Crippen LogP contribution is -2.27. The molecule has 2 aromatic rings. The molecule has 1 aliphatic rings. The summed E-state index contributed by atoms with van der Waals surface area (Å²) in [6.45, 7) is 0.340. The Morgan fingerprint density at radius 3 is 2.50 bits per heavy atom. The van der Waals surface area contributed by atoms with Crippen molar-refractivity contribution in [2.75, 3.05) is 0 Å². The molecule has 3 rings (SSSR count). The Hall–Kier alpha value is -1.71. The monoisotopic (exact) mass is 424 g/mol. The molecule has 26 heavy (non-hydrogen) atoms. The highest BCUT2D eigenvalue weighted by molar-refractivity contribution is 8.26. The Bertz CT molecular complexity index is 1020. The van der Waals surface area contributed by atoms with Gasteiger partial charge in [-0.05, 0) is 41.5 Å². The molecule has 1 aliphatic heterocycles. The Balaban J connectivity index is 1.81. The fraction of sp³-hybridized carbons (Fsp3) is 0.0588. The van der Waals surface area contributed by atoms with Crippen molar-refractivity contribution in [1.29, 1.82) is 0 Å². The number of hydrogen-bond donors (Lipinski definition) is 1. The molecular weight excluding hydrogens is 412 g/mol. The number of thiocarbonyl (C=S) groups is 1. The number of benzene rings is 2. The molecule has 0 spiro atoms. The molecule has 0 bridgehead atoms. The predicted octanol–water partition coefficient (Wildman–Crippen LogP) is 3.39. The number of carbonyl (C=O) groups is 1. The molecule has 0 aliphatic carbocycles. The van der Waals surface area contributed by atoms with Crippen molar-refractivity contribution in [1.82, 2.24) is 4.90 Å². The van der Waals surface area contributed by atoms with E-state index in [9.17, 15) is 13.2 Å². The van der Waals surface area contributed by atoms with Gasteiger partial charge in [-0.1, -0.05) is 59.8 Å². The van der Waals surface area contributed by atoms with Crippen LogP contribution in [0.5, 0.6) is 0 Å². The molecule has 2 aromatic carbocycles. The van der Waals surface area contributed by atoms with Gasteiger partial charge in [0, 0.05) is 5.02 Å². The number of hydrogen-bond acceptors (Lipinski definition) is 5. The SMILES string of the molecule is NS(=O)(=O)c1ccc(/C=C2\SC(=S)N(Cc3cccc(Cl)c3)C2=O)cc1. The Morgan fingerprint density at radius 1 is 1.19 bits per heavy atom. The first kappa shape index (κ1) is 19.1. The van der Waals surface area contributed by atoms with Crippen LogP contribution in [0.3, 0.4) is 0 Å². The van der Waals surface area contributed by atoms with Gasteiger partial charge in [0.25, 0.3) is 5.91 Å². The smallest absolute Gasteiger partial charge is 0.266 e. The van der Waals surface area contributed by atoms with Gasteiger partial charge >= 0.3 is 0 Å². The van der Waals surface area contributed by atoms with Crippen LogP contribution in [-0.4, -0.2) is 23.5 Å². The van der Waals surface area contributed by atoms with E-state index in [0.29, 0.717) is 26.4 Å². The number of amides is 1. The van der Waals surface area contributed by atoms with E-state index in [-0.39, 0.29) is 10.8 Å². The lowest BCUT2D eigenvalue weighted by atomic mass is 10.2. The van der Waals surface area contributed by atoms with E-state index < -0.39 is 10.0 Å². The fourth-order valence-electron chi connectivity index (χ4n) is 2.36. The van der Waals surface area contributed by atoms with Crippen molar-refractivity contribution < 1.29 is 13.2 Å². The minimum Gasteiger partial charge on any atom is -0.288 e. The van der Waals surface area contributed by atoms with Crippen LogP contribution in [0.2, 0.25) is 5.02 Å². The number of carbonyl (C=O) groups excluding carboxylic acids is 1. The van der Waals surface area contributed by atoms with Crippen molar-refractivity contribution in [3.8, 4) is 0 Å². The summed E-state index contributed by atoms with van der Waals surface area (Å²) in [4.78, 5) is 14.6. The summed E-state index contributed by atoms with van der Waals surface area (Å²) in [6, 6.07) is 13.2. The molecule has 1 amide bonds. The molecule has 1 heterocycles. The third kappa shape index (κ3) is 4.33. The Labute approximate surface area is 165 Å². The number of nitrogens with two attached hydrogens (primary N) is 1. The van der Waals surface area contributed by atoms with E-state index in [1.165, 1.54) is 28.8 Å². The number of nitrogens with zero attached hydrogens (tertiary/aromatic N) is 1. The third-order valence-electron chi connectivity index (χ3n) is 3.61. The van der Waals surface area contributed by atoms with Gasteiger partial charge < -0.3 is 0 Å². The summed E-state index contributed by atoms with van der Waals surface area (Å²) < 4.78 is 23.1. The summed E-state index contributed by atoms with van der Waals surface area (Å²) in [5.74, 6) is -0.199.